The molecule has 90 valence electrons. The first-order valence-electron chi connectivity index (χ1n) is 5.86. The Morgan fingerprint density at radius 3 is 2.19 bits per heavy atom. The molecule has 0 saturated carbocycles. The smallest absolute Gasteiger partial charge is 0.190 e. The highest BCUT2D eigenvalue weighted by molar-refractivity contribution is 6.00. The summed E-state index contributed by atoms with van der Waals surface area (Å²) in [5, 5.41) is 0. The Hall–Kier alpha value is -0.670. The molecular formula is C13H20O3. The lowest BCUT2D eigenvalue weighted by Gasteiger charge is -2.38. The molecule has 0 aromatic heterocycles. The van der Waals surface area contributed by atoms with Gasteiger partial charge in [-0.05, 0) is 32.4 Å². The average molecular weight is 224 g/mol. The van der Waals surface area contributed by atoms with Crippen LogP contribution in [0.3, 0.4) is 0 Å². The third-order valence-corrected chi connectivity index (χ3v) is 3.53. The lowest BCUT2D eigenvalue weighted by atomic mass is 9.74. The molecule has 1 fully saturated rings. The molecule has 1 aliphatic heterocycles. The van der Waals surface area contributed by atoms with Gasteiger partial charge < -0.3 is 9.47 Å². The molecule has 3 heteroatoms. The van der Waals surface area contributed by atoms with Crippen molar-refractivity contribution in [3.05, 3.63) is 11.6 Å². The van der Waals surface area contributed by atoms with Crippen molar-refractivity contribution >= 4 is 5.78 Å². The van der Waals surface area contributed by atoms with Crippen molar-refractivity contribution < 1.29 is 14.3 Å². The van der Waals surface area contributed by atoms with Crippen LogP contribution in [0.1, 0.15) is 41.0 Å². The molecule has 0 radical (unpaired) electrons. The summed E-state index contributed by atoms with van der Waals surface area (Å²) in [6.45, 7) is 9.76. The van der Waals surface area contributed by atoms with Gasteiger partial charge in [0.2, 0.25) is 0 Å². The van der Waals surface area contributed by atoms with Crippen molar-refractivity contribution in [1.29, 1.82) is 0 Å². The van der Waals surface area contributed by atoms with Gasteiger partial charge in [0, 0.05) is 11.8 Å². The van der Waals surface area contributed by atoms with Crippen LogP contribution in [0.2, 0.25) is 0 Å². The number of ether oxygens (including phenoxy) is 2. The Morgan fingerprint density at radius 1 is 1.25 bits per heavy atom. The molecule has 1 aliphatic carbocycles. The first kappa shape index (κ1) is 11.8. The predicted octanol–water partition coefficient (Wildman–Crippen LogP) is 2.45. The highest BCUT2D eigenvalue weighted by Gasteiger charge is 2.50. The normalized spacial score (nSPS) is 36.6. The van der Waals surface area contributed by atoms with Gasteiger partial charge in [0.05, 0.1) is 12.2 Å². The van der Waals surface area contributed by atoms with Gasteiger partial charge in [-0.3, -0.25) is 4.79 Å². The number of rotatable bonds is 0. The molecule has 0 aromatic rings. The fraction of sp³-hybridized carbons (Fsp3) is 0.769. The van der Waals surface area contributed by atoms with Crippen LogP contribution in [-0.4, -0.2) is 23.8 Å². The fourth-order valence-electron chi connectivity index (χ4n) is 2.68. The zero-order chi connectivity index (χ0) is 12.1. The van der Waals surface area contributed by atoms with E-state index < -0.39 is 11.2 Å². The molecule has 2 atom stereocenters. The largest absolute Gasteiger partial charge is 0.341 e. The van der Waals surface area contributed by atoms with Crippen LogP contribution in [0, 0.1) is 5.41 Å². The SMILES string of the molecule is CC1=CC2(CC(C)(C)C1=O)O[C@H](C)[C@@H](C)O2. The molecule has 1 spiro atoms. The molecule has 0 N–H and O–H groups in total. The number of ketones is 1. The molecule has 0 unspecified atom stereocenters. The minimum Gasteiger partial charge on any atom is -0.341 e. The second-order valence-electron chi connectivity index (χ2n) is 5.67. The van der Waals surface area contributed by atoms with Crippen LogP contribution < -0.4 is 0 Å². The summed E-state index contributed by atoms with van der Waals surface area (Å²) in [4.78, 5) is 12.0. The first-order valence-corrected chi connectivity index (χ1v) is 5.86. The lowest BCUT2D eigenvalue weighted by molar-refractivity contribution is -0.167. The Bertz CT molecular complexity index is 344. The summed E-state index contributed by atoms with van der Waals surface area (Å²) in [5.74, 6) is -0.488. The van der Waals surface area contributed by atoms with E-state index in [9.17, 15) is 4.79 Å². The zero-order valence-electron chi connectivity index (χ0n) is 10.7. The molecule has 1 saturated heterocycles. The summed E-state index contributed by atoms with van der Waals surface area (Å²) in [6.07, 6.45) is 2.60. The summed E-state index contributed by atoms with van der Waals surface area (Å²) in [6, 6.07) is 0. The molecule has 3 nitrogen and oxygen atoms in total. The van der Waals surface area contributed by atoms with Gasteiger partial charge in [0.15, 0.2) is 11.6 Å². The van der Waals surface area contributed by atoms with Gasteiger partial charge in [-0.25, -0.2) is 0 Å². The number of carbonyl (C=O) groups excluding carboxylic acids is 1. The second-order valence-corrected chi connectivity index (χ2v) is 5.67. The number of allylic oxidation sites excluding steroid dienone is 1. The average Bonchev–Trinajstić information content (AvgIpc) is 2.37. The van der Waals surface area contributed by atoms with E-state index in [1.165, 1.54) is 0 Å². The number of Topliss-reactive ketones (excluding diaryl/α,β-unsaturated/α-hetero) is 1. The van der Waals surface area contributed by atoms with Crippen molar-refractivity contribution in [2.24, 2.45) is 5.41 Å². The van der Waals surface area contributed by atoms with E-state index >= 15 is 0 Å². The molecule has 0 aromatic carbocycles. The molecule has 1 heterocycles. The summed E-state index contributed by atoms with van der Waals surface area (Å²) < 4.78 is 11.8. The molecule has 2 aliphatic rings. The van der Waals surface area contributed by atoms with Crippen LogP contribution in [0.5, 0.6) is 0 Å². The van der Waals surface area contributed by atoms with Crippen LogP contribution in [0.15, 0.2) is 11.6 Å². The number of carbonyl (C=O) groups is 1. The van der Waals surface area contributed by atoms with Crippen molar-refractivity contribution in [2.75, 3.05) is 0 Å². The maximum atomic E-state index is 12.0. The van der Waals surface area contributed by atoms with Crippen LogP contribution in [0.4, 0.5) is 0 Å². The highest BCUT2D eigenvalue weighted by Crippen LogP contribution is 2.44. The predicted molar refractivity (Wildman–Crippen MR) is 61.0 cm³/mol. The first-order chi connectivity index (χ1) is 7.26. The van der Waals surface area contributed by atoms with Crippen molar-refractivity contribution in [3.63, 3.8) is 0 Å². The molecule has 0 amide bonds. The van der Waals surface area contributed by atoms with Crippen LogP contribution >= 0.6 is 0 Å². The van der Waals surface area contributed by atoms with E-state index in [2.05, 4.69) is 0 Å². The molecular weight excluding hydrogens is 204 g/mol. The van der Waals surface area contributed by atoms with Gasteiger partial charge in [-0.2, -0.15) is 0 Å². The topological polar surface area (TPSA) is 35.5 Å². The molecule has 2 rings (SSSR count). The van der Waals surface area contributed by atoms with Crippen LogP contribution in [-0.2, 0) is 14.3 Å². The summed E-state index contributed by atoms with van der Waals surface area (Å²) >= 11 is 0. The number of hydrogen-bond acceptors (Lipinski definition) is 3. The van der Waals surface area contributed by atoms with Crippen molar-refractivity contribution in [2.45, 2.75) is 59.0 Å². The van der Waals surface area contributed by atoms with Crippen molar-refractivity contribution in [3.8, 4) is 0 Å². The van der Waals surface area contributed by atoms with E-state index in [0.717, 1.165) is 5.57 Å². The minimum absolute atomic E-state index is 0.0769. The maximum absolute atomic E-state index is 12.0. The van der Waals surface area contributed by atoms with Gasteiger partial charge in [-0.15, -0.1) is 0 Å². The quantitative estimate of drug-likeness (QED) is 0.634. The summed E-state index contributed by atoms with van der Waals surface area (Å²) in [7, 11) is 0. The minimum atomic E-state index is -0.680. The third kappa shape index (κ3) is 1.72. The van der Waals surface area contributed by atoms with E-state index in [-0.39, 0.29) is 18.0 Å². The van der Waals surface area contributed by atoms with E-state index in [1.54, 1.807) is 0 Å². The lowest BCUT2D eigenvalue weighted by Crippen LogP contribution is -2.43. The molecule has 0 bridgehead atoms. The van der Waals surface area contributed by atoms with E-state index in [4.69, 9.17) is 9.47 Å². The van der Waals surface area contributed by atoms with Crippen LogP contribution in [0.25, 0.3) is 0 Å². The summed E-state index contributed by atoms with van der Waals surface area (Å²) in [5.41, 5.74) is 0.348. The second kappa shape index (κ2) is 3.41. The van der Waals surface area contributed by atoms with Gasteiger partial charge in [0.25, 0.3) is 0 Å². The zero-order valence-corrected chi connectivity index (χ0v) is 10.7. The highest BCUT2D eigenvalue weighted by atomic mass is 16.8. The van der Waals surface area contributed by atoms with E-state index in [0.29, 0.717) is 6.42 Å². The Morgan fingerprint density at radius 2 is 1.75 bits per heavy atom. The van der Waals surface area contributed by atoms with E-state index in [1.807, 2.05) is 40.7 Å². The van der Waals surface area contributed by atoms with Gasteiger partial charge in [0.1, 0.15) is 0 Å². The molecule has 16 heavy (non-hydrogen) atoms. The van der Waals surface area contributed by atoms with Gasteiger partial charge in [-0.1, -0.05) is 13.8 Å². The van der Waals surface area contributed by atoms with Crippen molar-refractivity contribution in [1.82, 2.24) is 0 Å². The monoisotopic (exact) mass is 224 g/mol. The Kier molecular flexibility index (Phi) is 2.52. The third-order valence-electron chi connectivity index (χ3n) is 3.53. The Labute approximate surface area is 96.8 Å². The Balaban J connectivity index is 2.35. The fourth-order valence-corrected chi connectivity index (χ4v) is 2.68. The maximum Gasteiger partial charge on any atom is 0.190 e. The standard InChI is InChI=1S/C13H20O3/c1-8-6-13(7-12(4,5)11(8)14)15-9(2)10(3)16-13/h6,9-10H,7H2,1-5H3/t9-,10-/m1/s1. The number of hydrogen-bond donors (Lipinski definition) is 0. The van der Waals surface area contributed by atoms with Gasteiger partial charge >= 0.3 is 0 Å².